The van der Waals surface area contributed by atoms with E-state index >= 15 is 0 Å². The number of amides is 2. The SMILES string of the molecule is O=C(NCCc1cc(F)cc2c1OCOC2)NC1CCc2ccccc21. The highest BCUT2D eigenvalue weighted by molar-refractivity contribution is 5.74. The van der Waals surface area contributed by atoms with Crippen LogP contribution >= 0.6 is 0 Å². The largest absolute Gasteiger partial charge is 0.467 e. The molecule has 0 spiro atoms. The number of hydrogen-bond acceptors (Lipinski definition) is 3. The van der Waals surface area contributed by atoms with E-state index in [1.807, 2.05) is 12.1 Å². The lowest BCUT2D eigenvalue weighted by atomic mass is 10.1. The van der Waals surface area contributed by atoms with Crippen molar-refractivity contribution in [2.75, 3.05) is 13.3 Å². The number of aryl methyl sites for hydroxylation is 1. The Morgan fingerprint density at radius 1 is 1.23 bits per heavy atom. The van der Waals surface area contributed by atoms with Gasteiger partial charge in [0.25, 0.3) is 0 Å². The minimum Gasteiger partial charge on any atom is -0.467 e. The Labute approximate surface area is 151 Å². The maximum atomic E-state index is 13.7. The van der Waals surface area contributed by atoms with Gasteiger partial charge in [-0.2, -0.15) is 0 Å². The van der Waals surface area contributed by atoms with E-state index in [0.717, 1.165) is 18.4 Å². The highest BCUT2D eigenvalue weighted by atomic mass is 19.1. The molecule has 26 heavy (non-hydrogen) atoms. The van der Waals surface area contributed by atoms with E-state index in [2.05, 4.69) is 22.8 Å². The van der Waals surface area contributed by atoms with Crippen LogP contribution in [-0.2, 0) is 24.2 Å². The van der Waals surface area contributed by atoms with Crippen molar-refractivity contribution in [3.05, 3.63) is 64.5 Å². The van der Waals surface area contributed by atoms with E-state index in [0.29, 0.717) is 30.9 Å². The molecule has 1 atom stereocenters. The van der Waals surface area contributed by atoms with Crippen LogP contribution in [0, 0.1) is 5.82 Å². The number of hydrogen-bond donors (Lipinski definition) is 2. The van der Waals surface area contributed by atoms with Crippen molar-refractivity contribution in [1.29, 1.82) is 0 Å². The highest BCUT2D eigenvalue weighted by Gasteiger charge is 2.23. The van der Waals surface area contributed by atoms with Gasteiger partial charge in [-0.3, -0.25) is 0 Å². The second-order valence-electron chi connectivity index (χ2n) is 6.60. The van der Waals surface area contributed by atoms with Crippen LogP contribution in [0.4, 0.5) is 9.18 Å². The van der Waals surface area contributed by atoms with Gasteiger partial charge in [-0.05, 0) is 48.1 Å². The minimum absolute atomic E-state index is 0.0496. The number of ether oxygens (including phenoxy) is 2. The van der Waals surface area contributed by atoms with E-state index in [1.54, 1.807) is 0 Å². The van der Waals surface area contributed by atoms with Crippen molar-refractivity contribution >= 4 is 6.03 Å². The molecule has 4 rings (SSSR count). The second-order valence-corrected chi connectivity index (χ2v) is 6.60. The molecule has 2 aliphatic rings. The maximum Gasteiger partial charge on any atom is 0.315 e. The number of rotatable bonds is 4. The summed E-state index contributed by atoms with van der Waals surface area (Å²) in [6, 6.07) is 10.9. The Bertz CT molecular complexity index is 825. The first-order valence-corrected chi connectivity index (χ1v) is 8.85. The molecule has 1 aliphatic carbocycles. The van der Waals surface area contributed by atoms with Gasteiger partial charge >= 0.3 is 6.03 Å². The Hall–Kier alpha value is -2.60. The topological polar surface area (TPSA) is 59.6 Å². The molecule has 0 radical (unpaired) electrons. The lowest BCUT2D eigenvalue weighted by molar-refractivity contribution is -0.0172. The zero-order valence-corrected chi connectivity index (χ0v) is 14.4. The molecular weight excluding hydrogens is 335 g/mol. The van der Waals surface area contributed by atoms with Crippen molar-refractivity contribution in [1.82, 2.24) is 10.6 Å². The first kappa shape index (κ1) is 16.8. The van der Waals surface area contributed by atoms with Gasteiger partial charge in [0.1, 0.15) is 11.6 Å². The van der Waals surface area contributed by atoms with Crippen molar-refractivity contribution < 1.29 is 18.7 Å². The van der Waals surface area contributed by atoms with E-state index in [-0.39, 0.29) is 24.7 Å². The molecule has 1 heterocycles. The van der Waals surface area contributed by atoms with Crippen LogP contribution in [0.15, 0.2) is 36.4 Å². The number of urea groups is 1. The summed E-state index contributed by atoms with van der Waals surface area (Å²) in [6.07, 6.45) is 2.39. The lowest BCUT2D eigenvalue weighted by Gasteiger charge is -2.21. The van der Waals surface area contributed by atoms with Crippen LogP contribution in [-0.4, -0.2) is 19.4 Å². The fourth-order valence-corrected chi connectivity index (χ4v) is 3.67. The standard InChI is InChI=1S/C20H21FN2O3/c21-16-9-14(19-15(10-16)11-25-12-26-19)7-8-22-20(24)23-18-6-5-13-3-1-2-4-17(13)18/h1-4,9-10,18H,5-8,11-12H2,(H2,22,23,24). The molecule has 0 saturated heterocycles. The van der Waals surface area contributed by atoms with Crippen molar-refractivity contribution in [3.8, 4) is 5.75 Å². The molecular formula is C20H21FN2O3. The van der Waals surface area contributed by atoms with Gasteiger partial charge in [0, 0.05) is 12.1 Å². The number of nitrogens with one attached hydrogen (secondary N) is 2. The van der Waals surface area contributed by atoms with E-state index < -0.39 is 0 Å². The predicted octanol–water partition coefficient (Wildman–Crippen LogP) is 3.22. The van der Waals surface area contributed by atoms with Crippen LogP contribution in [0.25, 0.3) is 0 Å². The van der Waals surface area contributed by atoms with Gasteiger partial charge in [-0.15, -0.1) is 0 Å². The van der Waals surface area contributed by atoms with E-state index in [1.165, 1.54) is 23.3 Å². The summed E-state index contributed by atoms with van der Waals surface area (Å²) in [5.74, 6) is 0.351. The smallest absolute Gasteiger partial charge is 0.315 e. The van der Waals surface area contributed by atoms with Crippen LogP contribution in [0.3, 0.4) is 0 Å². The zero-order valence-electron chi connectivity index (χ0n) is 14.4. The Balaban J connectivity index is 1.33. The van der Waals surface area contributed by atoms with Crippen LogP contribution in [0.1, 0.15) is 34.7 Å². The molecule has 0 aromatic heterocycles. The van der Waals surface area contributed by atoms with Crippen molar-refractivity contribution in [3.63, 3.8) is 0 Å². The maximum absolute atomic E-state index is 13.7. The molecule has 0 fully saturated rings. The first-order valence-electron chi connectivity index (χ1n) is 8.85. The third-order valence-corrected chi connectivity index (χ3v) is 4.87. The normalized spacial score (nSPS) is 17.8. The van der Waals surface area contributed by atoms with Crippen LogP contribution in [0.2, 0.25) is 0 Å². The Morgan fingerprint density at radius 3 is 3.04 bits per heavy atom. The number of carbonyl (C=O) groups is 1. The van der Waals surface area contributed by atoms with Gasteiger partial charge in [0.05, 0.1) is 12.6 Å². The fraction of sp³-hybridized carbons (Fsp3) is 0.350. The summed E-state index contributed by atoms with van der Waals surface area (Å²) < 4.78 is 24.4. The molecule has 1 aliphatic heterocycles. The zero-order chi connectivity index (χ0) is 17.9. The Kier molecular flexibility index (Phi) is 4.75. The molecule has 6 heteroatoms. The molecule has 0 saturated carbocycles. The Morgan fingerprint density at radius 2 is 2.12 bits per heavy atom. The van der Waals surface area contributed by atoms with Gasteiger partial charge in [-0.1, -0.05) is 24.3 Å². The number of halogens is 1. The van der Waals surface area contributed by atoms with Gasteiger partial charge in [-0.25, -0.2) is 9.18 Å². The molecule has 136 valence electrons. The lowest BCUT2D eigenvalue weighted by Crippen LogP contribution is -2.38. The molecule has 0 bridgehead atoms. The first-order chi connectivity index (χ1) is 12.7. The van der Waals surface area contributed by atoms with Crippen molar-refractivity contribution in [2.45, 2.75) is 31.9 Å². The molecule has 2 aromatic carbocycles. The van der Waals surface area contributed by atoms with Gasteiger partial charge < -0.3 is 20.1 Å². The van der Waals surface area contributed by atoms with Crippen LogP contribution in [0.5, 0.6) is 5.75 Å². The summed E-state index contributed by atoms with van der Waals surface area (Å²) >= 11 is 0. The summed E-state index contributed by atoms with van der Waals surface area (Å²) in [5.41, 5.74) is 3.94. The number of benzene rings is 2. The number of fused-ring (bicyclic) bond motifs is 2. The van der Waals surface area contributed by atoms with Crippen LogP contribution < -0.4 is 15.4 Å². The summed E-state index contributed by atoms with van der Waals surface area (Å²) in [6.45, 7) is 0.913. The monoisotopic (exact) mass is 356 g/mol. The summed E-state index contributed by atoms with van der Waals surface area (Å²) in [7, 11) is 0. The molecule has 2 N–H and O–H groups in total. The fourth-order valence-electron chi connectivity index (χ4n) is 3.67. The van der Waals surface area contributed by atoms with E-state index in [4.69, 9.17) is 9.47 Å². The predicted molar refractivity (Wildman–Crippen MR) is 94.4 cm³/mol. The summed E-state index contributed by atoms with van der Waals surface area (Å²) in [5, 5.41) is 5.88. The average molecular weight is 356 g/mol. The quantitative estimate of drug-likeness (QED) is 0.884. The summed E-state index contributed by atoms with van der Waals surface area (Å²) in [4.78, 5) is 12.2. The molecule has 1 unspecified atom stereocenters. The van der Waals surface area contributed by atoms with Gasteiger partial charge in [0.15, 0.2) is 6.79 Å². The molecule has 2 aromatic rings. The van der Waals surface area contributed by atoms with Gasteiger partial charge in [0.2, 0.25) is 0 Å². The highest BCUT2D eigenvalue weighted by Crippen LogP contribution is 2.31. The van der Waals surface area contributed by atoms with Crippen molar-refractivity contribution in [2.24, 2.45) is 0 Å². The van der Waals surface area contributed by atoms with E-state index in [9.17, 15) is 9.18 Å². The minimum atomic E-state index is -0.320. The second kappa shape index (κ2) is 7.33. The average Bonchev–Trinajstić information content (AvgIpc) is 3.04. The number of carbonyl (C=O) groups excluding carboxylic acids is 1. The molecule has 2 amide bonds. The third-order valence-electron chi connectivity index (χ3n) is 4.87. The third kappa shape index (κ3) is 3.51. The molecule has 5 nitrogen and oxygen atoms in total.